The van der Waals surface area contributed by atoms with E-state index in [-0.39, 0.29) is 0 Å². The van der Waals surface area contributed by atoms with Crippen molar-refractivity contribution in [3.8, 4) is 0 Å². The molecule has 0 aliphatic heterocycles. The predicted octanol–water partition coefficient (Wildman–Crippen LogP) is 2.51. The van der Waals surface area contributed by atoms with Gasteiger partial charge in [-0.25, -0.2) is 4.98 Å². The van der Waals surface area contributed by atoms with E-state index in [1.165, 1.54) is 17.0 Å². The summed E-state index contributed by atoms with van der Waals surface area (Å²) in [4.78, 5) is 6.98. The molecule has 0 saturated carbocycles. The smallest absolute Gasteiger partial charge is 0.194 e. The van der Waals surface area contributed by atoms with Gasteiger partial charge in [0.25, 0.3) is 0 Å². The molecule has 0 spiro atoms. The minimum Gasteiger partial charge on any atom is -0.311 e. The second kappa shape index (κ2) is 4.33. The lowest BCUT2D eigenvalue weighted by Crippen LogP contribution is -2.15. The number of thiazole rings is 1. The molecule has 0 bridgehead atoms. The third-order valence-corrected chi connectivity index (χ3v) is 3.36. The molecular weight excluding hydrogens is 206 g/mol. The molecule has 2 rings (SSSR count). The molecule has 2 heterocycles. The zero-order chi connectivity index (χ0) is 10.8. The van der Waals surface area contributed by atoms with Crippen molar-refractivity contribution in [2.45, 2.75) is 33.7 Å². The topological polar surface area (TPSA) is 29.3 Å². The highest BCUT2D eigenvalue weighted by Crippen LogP contribution is 2.20. The first-order valence-electron chi connectivity index (χ1n) is 5.37. The van der Waals surface area contributed by atoms with Crippen molar-refractivity contribution < 1.29 is 0 Å². The Kier molecular flexibility index (Phi) is 3.07. The van der Waals surface area contributed by atoms with Gasteiger partial charge in [-0.15, -0.1) is 11.3 Å². The highest BCUT2D eigenvalue weighted by molar-refractivity contribution is 7.17. The number of imidazole rings is 1. The second-order valence-electron chi connectivity index (χ2n) is 3.82. The monoisotopic (exact) mass is 223 g/mol. The van der Waals surface area contributed by atoms with Gasteiger partial charge >= 0.3 is 0 Å². The van der Waals surface area contributed by atoms with Crippen LogP contribution in [0.2, 0.25) is 0 Å². The Labute approximate surface area is 94.1 Å². The van der Waals surface area contributed by atoms with Crippen LogP contribution < -0.4 is 5.32 Å². The van der Waals surface area contributed by atoms with E-state index >= 15 is 0 Å². The minimum absolute atomic E-state index is 0.914. The fraction of sp³-hybridized carbons (Fsp3) is 0.545. The van der Waals surface area contributed by atoms with Gasteiger partial charge in [0.2, 0.25) is 0 Å². The fourth-order valence-electron chi connectivity index (χ4n) is 1.71. The molecule has 0 aliphatic rings. The van der Waals surface area contributed by atoms with Gasteiger partial charge in [-0.2, -0.15) is 0 Å². The zero-order valence-electron chi connectivity index (χ0n) is 9.50. The molecule has 0 aliphatic carbocycles. The molecule has 0 radical (unpaired) electrons. The number of fused-ring (bicyclic) bond motifs is 1. The Balaban J connectivity index is 2.27. The van der Waals surface area contributed by atoms with Crippen LogP contribution >= 0.6 is 11.3 Å². The van der Waals surface area contributed by atoms with E-state index in [0.29, 0.717) is 0 Å². The Morgan fingerprint density at radius 2 is 2.27 bits per heavy atom. The number of nitrogens with zero attached hydrogens (tertiary/aromatic N) is 2. The van der Waals surface area contributed by atoms with Gasteiger partial charge in [-0.3, -0.25) is 4.40 Å². The van der Waals surface area contributed by atoms with E-state index in [9.17, 15) is 0 Å². The molecule has 0 saturated heterocycles. The molecule has 0 amide bonds. The van der Waals surface area contributed by atoms with E-state index in [1.807, 2.05) is 0 Å². The Hall–Kier alpha value is -0.870. The molecule has 1 N–H and O–H groups in total. The summed E-state index contributed by atoms with van der Waals surface area (Å²) in [6.45, 7) is 8.36. The predicted molar refractivity (Wildman–Crippen MR) is 64.5 cm³/mol. The summed E-state index contributed by atoms with van der Waals surface area (Å²) in [7, 11) is 0. The molecule has 15 heavy (non-hydrogen) atoms. The maximum absolute atomic E-state index is 4.55. The zero-order valence-corrected chi connectivity index (χ0v) is 10.3. The van der Waals surface area contributed by atoms with Gasteiger partial charge in [0.15, 0.2) is 4.96 Å². The first-order chi connectivity index (χ1) is 7.22. The summed E-state index contributed by atoms with van der Waals surface area (Å²) in [5.74, 6) is 0. The first kappa shape index (κ1) is 10.6. The average Bonchev–Trinajstić information content (AvgIpc) is 2.65. The highest BCUT2D eigenvalue weighted by Gasteiger charge is 2.09. The van der Waals surface area contributed by atoms with Crippen molar-refractivity contribution in [2.75, 3.05) is 6.54 Å². The van der Waals surface area contributed by atoms with Crippen molar-refractivity contribution in [3.05, 3.63) is 22.5 Å². The SMILES string of the molecule is CCCNCc1c(C)nc2sc(C)cn12. The van der Waals surface area contributed by atoms with Gasteiger partial charge in [-0.05, 0) is 26.8 Å². The molecule has 0 aromatic carbocycles. The maximum atomic E-state index is 4.55. The maximum Gasteiger partial charge on any atom is 0.194 e. The summed E-state index contributed by atoms with van der Waals surface area (Å²) >= 11 is 1.75. The largest absolute Gasteiger partial charge is 0.311 e. The first-order valence-corrected chi connectivity index (χ1v) is 6.18. The number of hydrogen-bond acceptors (Lipinski definition) is 3. The van der Waals surface area contributed by atoms with Crippen LogP contribution in [0.15, 0.2) is 6.20 Å². The number of rotatable bonds is 4. The molecule has 4 heteroatoms. The molecule has 0 fully saturated rings. The van der Waals surface area contributed by atoms with Gasteiger partial charge < -0.3 is 5.32 Å². The van der Waals surface area contributed by atoms with E-state index in [1.54, 1.807) is 11.3 Å². The van der Waals surface area contributed by atoms with Gasteiger partial charge in [-0.1, -0.05) is 6.92 Å². The Morgan fingerprint density at radius 3 is 3.00 bits per heavy atom. The van der Waals surface area contributed by atoms with Gasteiger partial charge in [0.05, 0.1) is 11.4 Å². The van der Waals surface area contributed by atoms with Gasteiger partial charge in [0.1, 0.15) is 0 Å². The van der Waals surface area contributed by atoms with Crippen molar-refractivity contribution in [1.29, 1.82) is 0 Å². The van der Waals surface area contributed by atoms with E-state index < -0.39 is 0 Å². The summed E-state index contributed by atoms with van der Waals surface area (Å²) in [6, 6.07) is 0. The van der Waals surface area contributed by atoms with Crippen LogP contribution in [0.4, 0.5) is 0 Å². The summed E-state index contributed by atoms with van der Waals surface area (Å²) in [5.41, 5.74) is 2.44. The molecule has 0 unspecified atom stereocenters. The number of aromatic nitrogens is 2. The standard InChI is InChI=1S/C11H17N3S/c1-4-5-12-6-10-9(3)13-11-14(10)7-8(2)15-11/h7,12H,4-6H2,1-3H3. The number of aryl methyl sites for hydroxylation is 2. The number of nitrogens with one attached hydrogen (secondary N) is 1. The molecule has 2 aromatic rings. The van der Waals surface area contributed by atoms with E-state index in [2.05, 4.69) is 41.7 Å². The average molecular weight is 223 g/mol. The normalized spacial score (nSPS) is 11.4. The van der Waals surface area contributed by atoms with Crippen LogP contribution in [0.5, 0.6) is 0 Å². The van der Waals surface area contributed by atoms with Gasteiger partial charge in [0, 0.05) is 17.6 Å². The quantitative estimate of drug-likeness (QED) is 0.807. The lowest BCUT2D eigenvalue weighted by molar-refractivity contribution is 0.658. The van der Waals surface area contributed by atoms with Crippen LogP contribution in [-0.4, -0.2) is 15.9 Å². The molecule has 82 valence electrons. The van der Waals surface area contributed by atoms with Crippen LogP contribution in [0.25, 0.3) is 4.96 Å². The van der Waals surface area contributed by atoms with E-state index in [0.717, 1.165) is 23.7 Å². The van der Waals surface area contributed by atoms with Crippen LogP contribution in [0, 0.1) is 13.8 Å². The lowest BCUT2D eigenvalue weighted by Gasteiger charge is -2.02. The third-order valence-electron chi connectivity index (χ3n) is 2.46. The molecule has 2 aromatic heterocycles. The van der Waals surface area contributed by atoms with Crippen LogP contribution in [0.3, 0.4) is 0 Å². The summed E-state index contributed by atoms with van der Waals surface area (Å²) < 4.78 is 2.21. The molecular formula is C11H17N3S. The van der Waals surface area contributed by atoms with Crippen molar-refractivity contribution in [1.82, 2.24) is 14.7 Å². The fourth-order valence-corrected chi connectivity index (χ4v) is 2.60. The summed E-state index contributed by atoms with van der Waals surface area (Å²) in [5, 5.41) is 3.42. The molecule has 0 atom stereocenters. The summed E-state index contributed by atoms with van der Waals surface area (Å²) in [6.07, 6.45) is 3.34. The van der Waals surface area contributed by atoms with Crippen LogP contribution in [-0.2, 0) is 6.54 Å². The molecule has 3 nitrogen and oxygen atoms in total. The third kappa shape index (κ3) is 2.06. The number of hydrogen-bond donors (Lipinski definition) is 1. The lowest BCUT2D eigenvalue weighted by atomic mass is 10.3. The minimum atomic E-state index is 0.914. The Bertz CT molecular complexity index is 456. The highest BCUT2D eigenvalue weighted by atomic mass is 32.1. The van der Waals surface area contributed by atoms with Crippen molar-refractivity contribution >= 4 is 16.3 Å². The van der Waals surface area contributed by atoms with Crippen molar-refractivity contribution in [3.63, 3.8) is 0 Å². The van der Waals surface area contributed by atoms with Crippen LogP contribution in [0.1, 0.15) is 29.6 Å². The second-order valence-corrected chi connectivity index (χ2v) is 5.03. The Morgan fingerprint density at radius 1 is 1.47 bits per heavy atom. The van der Waals surface area contributed by atoms with E-state index in [4.69, 9.17) is 0 Å². The van der Waals surface area contributed by atoms with Crippen molar-refractivity contribution in [2.24, 2.45) is 0 Å².